The Morgan fingerprint density at radius 2 is 0.684 bits per heavy atom. The standard InChI is InChI=1S/C68H38F2N6/c1-74-62-27-15-14-26-53(62)57-37-61(70)66(39-59(57)52-25-13-10-18-47(52)42-73)76(49-21-6-3-7-22-49)64-35-31-44-28-32-54-63(34-30-43-29-33-55(64)68(44)67(43)54)75(48-19-4-2-5-20-48)65-38-58(51-24-12-9-17-46(51)41-72)56(36-60(65)69)50-23-11-8-16-45(50)40-71/h2-39H. The maximum atomic E-state index is 17.7. The van der Waals surface area contributed by atoms with Crippen molar-refractivity contribution in [1.29, 1.82) is 15.8 Å². The van der Waals surface area contributed by atoms with E-state index in [1.165, 1.54) is 12.1 Å². The average Bonchev–Trinajstić information content (AvgIpc) is 3.48. The first kappa shape index (κ1) is 46.2. The molecule has 0 spiro atoms. The fraction of sp³-hybridized carbons (Fsp3) is 0. The highest BCUT2D eigenvalue weighted by molar-refractivity contribution is 6.28. The molecule has 8 heteroatoms. The van der Waals surface area contributed by atoms with Crippen LogP contribution in [0.2, 0.25) is 0 Å². The smallest absolute Gasteiger partial charge is 0.194 e. The third kappa shape index (κ3) is 7.76. The highest BCUT2D eigenvalue weighted by Crippen LogP contribution is 2.51. The van der Waals surface area contributed by atoms with Gasteiger partial charge in [0, 0.05) is 38.8 Å². The van der Waals surface area contributed by atoms with Gasteiger partial charge in [-0.1, -0.05) is 152 Å². The van der Waals surface area contributed by atoms with E-state index in [1.54, 1.807) is 72.8 Å². The predicted molar refractivity (Wildman–Crippen MR) is 302 cm³/mol. The van der Waals surface area contributed by atoms with Crippen LogP contribution in [0, 0.1) is 52.2 Å². The Hall–Kier alpha value is -10.9. The second-order valence-electron chi connectivity index (χ2n) is 18.2. The van der Waals surface area contributed by atoms with E-state index in [0.717, 1.165) is 32.3 Å². The van der Waals surface area contributed by atoms with E-state index in [-0.39, 0.29) is 11.4 Å². The molecule has 12 aromatic rings. The van der Waals surface area contributed by atoms with Crippen molar-refractivity contribution in [2.45, 2.75) is 0 Å². The molecule has 0 heterocycles. The molecule has 12 aromatic carbocycles. The molecule has 76 heavy (non-hydrogen) atoms. The molecule has 0 unspecified atom stereocenters. The molecule has 0 atom stereocenters. The monoisotopic (exact) mass is 976 g/mol. The first-order valence-corrected chi connectivity index (χ1v) is 24.4. The Balaban J connectivity index is 1.11. The zero-order valence-corrected chi connectivity index (χ0v) is 40.4. The van der Waals surface area contributed by atoms with Gasteiger partial charge in [0.15, 0.2) is 5.69 Å². The largest absolute Gasteiger partial charge is 0.307 e. The van der Waals surface area contributed by atoms with Crippen LogP contribution in [0.5, 0.6) is 0 Å². The van der Waals surface area contributed by atoms with Crippen molar-refractivity contribution in [3.8, 4) is 62.7 Å². The summed E-state index contributed by atoms with van der Waals surface area (Å²) in [6.45, 7) is 8.01. The molecule has 6 nitrogen and oxygen atoms in total. The van der Waals surface area contributed by atoms with Crippen molar-refractivity contribution < 1.29 is 8.78 Å². The van der Waals surface area contributed by atoms with Gasteiger partial charge in [-0.15, -0.1) is 0 Å². The van der Waals surface area contributed by atoms with E-state index in [1.807, 2.05) is 131 Å². The minimum absolute atomic E-state index is 0.227. The molecular formula is C68H38F2N6. The molecule has 0 N–H and O–H groups in total. The van der Waals surface area contributed by atoms with Gasteiger partial charge in [-0.3, -0.25) is 0 Å². The molecule has 0 saturated carbocycles. The lowest BCUT2D eigenvalue weighted by molar-refractivity contribution is 0.629. The lowest BCUT2D eigenvalue weighted by atomic mass is 9.89. The van der Waals surface area contributed by atoms with E-state index in [0.29, 0.717) is 89.6 Å². The van der Waals surface area contributed by atoms with Crippen LogP contribution in [-0.4, -0.2) is 0 Å². The normalized spacial score (nSPS) is 11.0. The Morgan fingerprint density at radius 3 is 1.09 bits per heavy atom. The molecule has 0 amide bonds. The SMILES string of the molecule is [C-]#[N+]c1ccccc1-c1cc(F)c(N(c2ccccc2)c2ccc3ccc4c(N(c5ccccc5)c5cc(-c6ccccc6C#N)c(-c6ccccc6C#N)cc5F)ccc5ccc2c3c54)cc1-c1ccccc1C#N. The summed E-state index contributed by atoms with van der Waals surface area (Å²) in [5.41, 5.74) is 9.11. The number of rotatable bonds is 10. The van der Waals surface area contributed by atoms with Crippen molar-refractivity contribution in [1.82, 2.24) is 0 Å². The average molecular weight is 977 g/mol. The van der Waals surface area contributed by atoms with Crippen LogP contribution in [0.3, 0.4) is 0 Å². The summed E-state index contributed by atoms with van der Waals surface area (Å²) in [5.74, 6) is -1.08. The number of anilines is 6. The number of halogens is 2. The van der Waals surface area contributed by atoms with E-state index < -0.39 is 11.6 Å². The van der Waals surface area contributed by atoms with E-state index in [4.69, 9.17) is 6.57 Å². The molecule has 0 aliphatic heterocycles. The maximum Gasteiger partial charge on any atom is 0.194 e. The van der Waals surface area contributed by atoms with Crippen LogP contribution in [0.4, 0.5) is 48.6 Å². The van der Waals surface area contributed by atoms with Crippen molar-refractivity contribution in [2.24, 2.45) is 0 Å². The van der Waals surface area contributed by atoms with Gasteiger partial charge in [-0.25, -0.2) is 13.6 Å². The predicted octanol–water partition coefficient (Wildman–Crippen LogP) is 18.6. The Labute approximate surface area is 437 Å². The topological polar surface area (TPSA) is 82.2 Å². The number of hydrogen-bond donors (Lipinski definition) is 0. The summed E-state index contributed by atoms with van der Waals surface area (Å²) in [7, 11) is 0. The number of hydrogen-bond acceptors (Lipinski definition) is 5. The molecule has 12 rings (SSSR count). The second-order valence-corrected chi connectivity index (χ2v) is 18.2. The molecule has 0 aliphatic rings. The van der Waals surface area contributed by atoms with Gasteiger partial charge in [-0.05, 0) is 128 Å². The second kappa shape index (κ2) is 19.3. The zero-order valence-electron chi connectivity index (χ0n) is 40.4. The molecule has 0 saturated heterocycles. The van der Waals surface area contributed by atoms with E-state index >= 15 is 8.78 Å². The molecule has 0 aliphatic carbocycles. The summed E-state index contributed by atoms with van der Waals surface area (Å²) in [4.78, 5) is 7.60. The molecule has 354 valence electrons. The number of nitrogens with zero attached hydrogens (tertiary/aromatic N) is 6. The third-order valence-electron chi connectivity index (χ3n) is 14.1. The van der Waals surface area contributed by atoms with Gasteiger partial charge in [0.05, 0.1) is 64.2 Å². The lowest BCUT2D eigenvalue weighted by Gasteiger charge is -2.30. The maximum absolute atomic E-state index is 17.7. The minimum atomic E-state index is -0.543. The minimum Gasteiger partial charge on any atom is -0.307 e. The van der Waals surface area contributed by atoms with Gasteiger partial charge in [0.25, 0.3) is 0 Å². The highest BCUT2D eigenvalue weighted by atomic mass is 19.1. The molecule has 0 radical (unpaired) electrons. The number of nitriles is 3. The number of benzene rings is 12. The van der Waals surface area contributed by atoms with Gasteiger partial charge in [-0.2, -0.15) is 15.8 Å². The Bertz CT molecular complexity index is 4160. The Morgan fingerprint density at radius 1 is 0.342 bits per heavy atom. The first-order chi connectivity index (χ1) is 37.4. The van der Waals surface area contributed by atoms with Gasteiger partial charge < -0.3 is 9.80 Å². The first-order valence-electron chi connectivity index (χ1n) is 24.4. The van der Waals surface area contributed by atoms with Crippen molar-refractivity contribution in [2.75, 3.05) is 9.80 Å². The molecule has 0 aromatic heterocycles. The Kier molecular flexibility index (Phi) is 11.7. The van der Waals surface area contributed by atoms with Crippen LogP contribution in [0.15, 0.2) is 231 Å². The quantitative estimate of drug-likeness (QED) is 0.101. The van der Waals surface area contributed by atoms with Crippen molar-refractivity contribution >= 4 is 72.1 Å². The van der Waals surface area contributed by atoms with Crippen molar-refractivity contribution in [3.63, 3.8) is 0 Å². The van der Waals surface area contributed by atoms with E-state index in [9.17, 15) is 15.8 Å². The van der Waals surface area contributed by atoms with Crippen LogP contribution in [0.25, 0.3) is 81.7 Å². The lowest BCUT2D eigenvalue weighted by Crippen LogP contribution is -2.13. The van der Waals surface area contributed by atoms with Gasteiger partial charge in [0.1, 0.15) is 11.6 Å². The fourth-order valence-corrected chi connectivity index (χ4v) is 10.7. The molecule has 0 fully saturated rings. The van der Waals surface area contributed by atoms with Crippen LogP contribution in [-0.2, 0) is 0 Å². The summed E-state index contributed by atoms with van der Waals surface area (Å²) in [6, 6.07) is 77.5. The van der Waals surface area contributed by atoms with Crippen LogP contribution >= 0.6 is 0 Å². The van der Waals surface area contributed by atoms with Gasteiger partial charge in [0.2, 0.25) is 0 Å². The van der Waals surface area contributed by atoms with Crippen LogP contribution in [0.1, 0.15) is 16.7 Å². The highest BCUT2D eigenvalue weighted by Gasteiger charge is 2.28. The van der Waals surface area contributed by atoms with Gasteiger partial charge >= 0.3 is 0 Å². The number of para-hydroxylation sites is 3. The summed E-state index contributed by atoms with van der Waals surface area (Å²) in [6.07, 6.45) is 0. The van der Waals surface area contributed by atoms with Crippen molar-refractivity contribution in [3.05, 3.63) is 270 Å². The molecule has 0 bridgehead atoms. The fourth-order valence-electron chi connectivity index (χ4n) is 10.7. The van der Waals surface area contributed by atoms with Crippen LogP contribution < -0.4 is 9.80 Å². The molecular weight excluding hydrogens is 939 g/mol. The zero-order chi connectivity index (χ0) is 51.9. The summed E-state index contributed by atoms with van der Waals surface area (Å²) >= 11 is 0. The van der Waals surface area contributed by atoms with E-state index in [2.05, 4.69) is 47.3 Å². The third-order valence-corrected chi connectivity index (χ3v) is 14.1. The summed E-state index contributed by atoms with van der Waals surface area (Å²) in [5, 5.41) is 36.4. The summed E-state index contributed by atoms with van der Waals surface area (Å²) < 4.78 is 35.3.